The molecule has 0 atom stereocenters. The Morgan fingerprint density at radius 2 is 1.68 bits per heavy atom. The molecule has 0 unspecified atom stereocenters. The summed E-state index contributed by atoms with van der Waals surface area (Å²) in [5, 5.41) is 4.32. The van der Waals surface area contributed by atoms with Gasteiger partial charge in [-0.1, -0.05) is 51.1 Å². The van der Waals surface area contributed by atoms with E-state index < -0.39 is 11.7 Å². The molecule has 0 aliphatic heterocycles. The Hall–Kier alpha value is -2.27. The second-order valence-electron chi connectivity index (χ2n) is 8.20. The highest BCUT2D eigenvalue weighted by Crippen LogP contribution is 2.47. The van der Waals surface area contributed by atoms with Crippen LogP contribution in [0.25, 0.3) is 15.7 Å². The number of allylic oxidation sites excluding steroid dienone is 2. The predicted octanol–water partition coefficient (Wildman–Crippen LogP) is 7.83. The third-order valence-electron chi connectivity index (χ3n) is 5.14. The molecule has 0 saturated carbocycles. The van der Waals surface area contributed by atoms with Gasteiger partial charge in [0.05, 0.1) is 16.0 Å². The zero-order valence-corrected chi connectivity index (χ0v) is 16.9. The van der Waals surface area contributed by atoms with E-state index in [0.717, 1.165) is 27.0 Å². The summed E-state index contributed by atoms with van der Waals surface area (Å²) in [7, 11) is 0. The van der Waals surface area contributed by atoms with Gasteiger partial charge in [0.2, 0.25) is 0 Å². The van der Waals surface area contributed by atoms with E-state index in [1.54, 1.807) is 0 Å². The number of hydrogen-bond acceptors (Lipinski definition) is 2. The monoisotopic (exact) mass is 401 g/mol. The number of aryl methyl sites for hydroxylation is 1. The molecular formula is C23H22F3NS. The van der Waals surface area contributed by atoms with Gasteiger partial charge < -0.3 is 5.32 Å². The molecule has 0 radical (unpaired) electrons. The summed E-state index contributed by atoms with van der Waals surface area (Å²) in [6, 6.07) is 14.0. The number of rotatable bonds is 2. The van der Waals surface area contributed by atoms with Crippen molar-refractivity contribution in [1.29, 1.82) is 0 Å². The van der Waals surface area contributed by atoms with Crippen LogP contribution in [0.3, 0.4) is 0 Å². The fourth-order valence-corrected chi connectivity index (χ4v) is 5.02. The lowest BCUT2D eigenvalue weighted by atomic mass is 9.87. The first-order chi connectivity index (χ1) is 13.1. The van der Waals surface area contributed by atoms with Crippen LogP contribution < -0.4 is 5.32 Å². The molecule has 1 aliphatic carbocycles. The molecule has 4 rings (SSSR count). The second kappa shape index (κ2) is 6.66. The molecule has 0 fully saturated rings. The van der Waals surface area contributed by atoms with E-state index in [-0.39, 0.29) is 5.41 Å². The average molecular weight is 401 g/mol. The van der Waals surface area contributed by atoms with E-state index >= 15 is 0 Å². The van der Waals surface area contributed by atoms with E-state index in [1.165, 1.54) is 23.0 Å². The van der Waals surface area contributed by atoms with E-state index in [1.807, 2.05) is 30.3 Å². The van der Waals surface area contributed by atoms with Crippen LogP contribution in [0.15, 0.2) is 48.5 Å². The maximum Gasteiger partial charge on any atom is 0.417 e. The Morgan fingerprint density at radius 1 is 0.964 bits per heavy atom. The SMILES string of the molecule is CC(C)(C)c1ccc(Nc2cccc3c4c(sc23)C(C(F)(F)F)=CCC4)cc1. The van der Waals surface area contributed by atoms with Gasteiger partial charge in [0, 0.05) is 10.6 Å². The lowest BCUT2D eigenvalue weighted by Gasteiger charge is -2.19. The van der Waals surface area contributed by atoms with Crippen molar-refractivity contribution in [1.82, 2.24) is 0 Å². The Balaban J connectivity index is 1.74. The van der Waals surface area contributed by atoms with E-state index in [0.29, 0.717) is 17.7 Å². The van der Waals surface area contributed by atoms with Crippen LogP contribution in [-0.4, -0.2) is 6.18 Å². The van der Waals surface area contributed by atoms with Crippen LogP contribution in [0.4, 0.5) is 24.5 Å². The number of benzene rings is 2. The largest absolute Gasteiger partial charge is 0.417 e. The first-order valence-electron chi connectivity index (χ1n) is 9.34. The number of fused-ring (bicyclic) bond motifs is 3. The van der Waals surface area contributed by atoms with Crippen molar-refractivity contribution in [2.75, 3.05) is 5.32 Å². The molecule has 1 aliphatic rings. The van der Waals surface area contributed by atoms with Gasteiger partial charge in [-0.2, -0.15) is 13.2 Å². The quantitative estimate of drug-likeness (QED) is 0.461. The van der Waals surface area contributed by atoms with Crippen LogP contribution in [0.5, 0.6) is 0 Å². The number of halogens is 3. The van der Waals surface area contributed by atoms with Crippen molar-refractivity contribution in [2.45, 2.75) is 45.2 Å². The summed E-state index contributed by atoms with van der Waals surface area (Å²) in [6.45, 7) is 6.49. The molecule has 0 spiro atoms. The minimum Gasteiger partial charge on any atom is -0.354 e. The number of thiophene rings is 1. The van der Waals surface area contributed by atoms with Crippen molar-refractivity contribution in [3.63, 3.8) is 0 Å². The van der Waals surface area contributed by atoms with Gasteiger partial charge in [-0.25, -0.2) is 0 Å². The van der Waals surface area contributed by atoms with E-state index in [2.05, 4.69) is 38.2 Å². The highest BCUT2D eigenvalue weighted by Gasteiger charge is 2.38. The molecule has 0 bridgehead atoms. The maximum atomic E-state index is 13.5. The Kier molecular flexibility index (Phi) is 4.53. The number of anilines is 2. The fourth-order valence-electron chi connectivity index (χ4n) is 3.64. The topological polar surface area (TPSA) is 12.0 Å². The van der Waals surface area contributed by atoms with Crippen molar-refractivity contribution >= 4 is 38.4 Å². The minimum atomic E-state index is -4.31. The number of alkyl halides is 3. The molecule has 5 heteroatoms. The molecule has 28 heavy (non-hydrogen) atoms. The first kappa shape index (κ1) is 19.1. The summed E-state index contributed by atoms with van der Waals surface area (Å²) in [4.78, 5) is 0.367. The van der Waals surface area contributed by atoms with Crippen molar-refractivity contribution < 1.29 is 13.2 Å². The van der Waals surface area contributed by atoms with Crippen LogP contribution in [0, 0.1) is 0 Å². The van der Waals surface area contributed by atoms with Crippen molar-refractivity contribution in [3.8, 4) is 0 Å². The van der Waals surface area contributed by atoms with E-state index in [9.17, 15) is 13.2 Å². The Bertz CT molecular complexity index is 1050. The first-order valence-corrected chi connectivity index (χ1v) is 10.2. The maximum absolute atomic E-state index is 13.5. The normalized spacial score (nSPS) is 14.7. The van der Waals surface area contributed by atoms with E-state index in [4.69, 9.17) is 0 Å². The summed E-state index contributed by atoms with van der Waals surface area (Å²) in [6.07, 6.45) is -1.90. The highest BCUT2D eigenvalue weighted by molar-refractivity contribution is 7.21. The molecule has 0 amide bonds. The third-order valence-corrected chi connectivity index (χ3v) is 6.46. The molecule has 1 heterocycles. The molecule has 2 aromatic carbocycles. The van der Waals surface area contributed by atoms with Gasteiger partial charge >= 0.3 is 6.18 Å². The molecule has 0 saturated heterocycles. The number of nitrogens with one attached hydrogen (secondary N) is 1. The zero-order chi connectivity index (χ0) is 20.1. The lowest BCUT2D eigenvalue weighted by Crippen LogP contribution is -2.13. The average Bonchev–Trinajstić information content (AvgIpc) is 3.00. The van der Waals surface area contributed by atoms with Gasteiger partial charge in [0.1, 0.15) is 0 Å². The summed E-state index contributed by atoms with van der Waals surface area (Å²) >= 11 is 1.24. The molecular weight excluding hydrogens is 379 g/mol. The van der Waals surface area contributed by atoms with Gasteiger partial charge in [0.15, 0.2) is 0 Å². The summed E-state index contributed by atoms with van der Waals surface area (Å²) < 4.78 is 41.2. The number of hydrogen-bond donors (Lipinski definition) is 1. The zero-order valence-electron chi connectivity index (χ0n) is 16.1. The second-order valence-corrected chi connectivity index (χ2v) is 9.22. The van der Waals surface area contributed by atoms with Crippen LogP contribution in [-0.2, 0) is 11.8 Å². The van der Waals surface area contributed by atoms with Crippen LogP contribution in [0.2, 0.25) is 0 Å². The van der Waals surface area contributed by atoms with Gasteiger partial charge in [-0.05, 0) is 53.0 Å². The highest BCUT2D eigenvalue weighted by atomic mass is 32.1. The van der Waals surface area contributed by atoms with Crippen molar-refractivity contribution in [2.24, 2.45) is 0 Å². The molecule has 146 valence electrons. The van der Waals surface area contributed by atoms with Crippen molar-refractivity contribution in [3.05, 3.63) is 64.5 Å². The predicted molar refractivity (Wildman–Crippen MR) is 113 cm³/mol. The molecule has 3 aromatic rings. The van der Waals surface area contributed by atoms with Gasteiger partial charge in [0.25, 0.3) is 0 Å². The Morgan fingerprint density at radius 3 is 2.32 bits per heavy atom. The standard InChI is InChI=1S/C23H22F3NS/c1-22(2,3)14-10-12-15(13-11-14)27-19-9-5-7-17-16-6-4-8-18(23(24,25)26)20(16)28-21(17)19/h5,7-13,27H,4,6H2,1-3H3. The summed E-state index contributed by atoms with van der Waals surface area (Å²) in [5.41, 5.74) is 3.42. The smallest absolute Gasteiger partial charge is 0.354 e. The van der Waals surface area contributed by atoms with Gasteiger partial charge in [-0.15, -0.1) is 11.3 Å². The van der Waals surface area contributed by atoms with Crippen LogP contribution >= 0.6 is 11.3 Å². The molecule has 1 N–H and O–H groups in total. The van der Waals surface area contributed by atoms with Gasteiger partial charge in [-0.3, -0.25) is 0 Å². The Labute approximate surface area is 166 Å². The third kappa shape index (κ3) is 3.44. The lowest BCUT2D eigenvalue weighted by molar-refractivity contribution is -0.0690. The summed E-state index contributed by atoms with van der Waals surface area (Å²) in [5.74, 6) is 0. The molecule has 1 nitrogen and oxygen atoms in total. The van der Waals surface area contributed by atoms with Crippen LogP contribution in [0.1, 0.15) is 43.2 Å². The molecule has 1 aromatic heterocycles. The fraction of sp³-hybridized carbons (Fsp3) is 0.304. The minimum absolute atomic E-state index is 0.0751.